The summed E-state index contributed by atoms with van der Waals surface area (Å²) in [6.07, 6.45) is 5.56. The van der Waals surface area contributed by atoms with Gasteiger partial charge in [0.25, 0.3) is 0 Å². The van der Waals surface area contributed by atoms with Crippen molar-refractivity contribution < 1.29 is 13.9 Å². The number of ether oxygens (including phenoxy) is 1. The van der Waals surface area contributed by atoms with E-state index in [-0.39, 0.29) is 29.8 Å². The summed E-state index contributed by atoms with van der Waals surface area (Å²) >= 11 is 0. The fourth-order valence-electron chi connectivity index (χ4n) is 4.26. The topological polar surface area (TPSA) is 55.6 Å². The molecule has 0 unspecified atom stereocenters. The lowest BCUT2D eigenvalue weighted by Crippen LogP contribution is -2.48. The van der Waals surface area contributed by atoms with E-state index in [4.69, 9.17) is 10.5 Å². The Hall–Kier alpha value is -1.46. The average molecular weight is 348 g/mol. The number of nitrogens with two attached hydrogens (primary N) is 1. The molecule has 0 bridgehead atoms. The van der Waals surface area contributed by atoms with Gasteiger partial charge in [-0.2, -0.15) is 0 Å². The van der Waals surface area contributed by atoms with Gasteiger partial charge in [0.2, 0.25) is 5.91 Å². The maximum Gasteiger partial charge on any atom is 0.225 e. The third kappa shape index (κ3) is 4.59. The lowest BCUT2D eigenvalue weighted by molar-refractivity contribution is -0.139. The maximum atomic E-state index is 13.0. The SMILES string of the molecule is CO[C@@H]1CC[C@H](C(=O)N2CCC(Cc3ccc(F)cc3)CC2)C[C@H]1N. The predicted molar refractivity (Wildman–Crippen MR) is 95.5 cm³/mol. The van der Waals surface area contributed by atoms with Crippen LogP contribution in [0.5, 0.6) is 0 Å². The lowest BCUT2D eigenvalue weighted by atomic mass is 9.82. The second-order valence-electron chi connectivity index (χ2n) is 7.55. The molecule has 1 aromatic carbocycles. The molecule has 1 aromatic rings. The minimum absolute atomic E-state index is 0.0382. The molecule has 1 amide bonds. The van der Waals surface area contributed by atoms with Crippen LogP contribution in [0.4, 0.5) is 4.39 Å². The van der Waals surface area contributed by atoms with Gasteiger partial charge in [0.05, 0.1) is 6.10 Å². The van der Waals surface area contributed by atoms with Crippen molar-refractivity contribution >= 4 is 5.91 Å². The number of methoxy groups -OCH3 is 1. The monoisotopic (exact) mass is 348 g/mol. The zero-order valence-corrected chi connectivity index (χ0v) is 15.0. The summed E-state index contributed by atoms with van der Waals surface area (Å²) in [5.41, 5.74) is 7.32. The molecule has 2 N–H and O–H groups in total. The molecular formula is C20H29FN2O2. The van der Waals surface area contributed by atoms with Gasteiger partial charge in [-0.3, -0.25) is 4.79 Å². The number of carbonyl (C=O) groups is 1. The van der Waals surface area contributed by atoms with Crippen molar-refractivity contribution in [3.63, 3.8) is 0 Å². The number of rotatable bonds is 4. The Bertz CT molecular complexity index is 570. The fraction of sp³-hybridized carbons (Fsp3) is 0.650. The molecule has 1 saturated carbocycles. The van der Waals surface area contributed by atoms with E-state index in [1.807, 2.05) is 17.0 Å². The van der Waals surface area contributed by atoms with Gasteiger partial charge in [-0.25, -0.2) is 4.39 Å². The molecule has 4 nitrogen and oxygen atoms in total. The van der Waals surface area contributed by atoms with Gasteiger partial charge in [-0.05, 0) is 62.1 Å². The summed E-state index contributed by atoms with van der Waals surface area (Å²) in [4.78, 5) is 14.8. The Balaban J connectivity index is 1.47. The van der Waals surface area contributed by atoms with Gasteiger partial charge in [-0.1, -0.05) is 12.1 Å². The molecule has 2 fully saturated rings. The molecule has 25 heavy (non-hydrogen) atoms. The van der Waals surface area contributed by atoms with Crippen molar-refractivity contribution in [2.24, 2.45) is 17.6 Å². The Labute approximate surface area is 149 Å². The molecule has 3 rings (SSSR count). The highest BCUT2D eigenvalue weighted by Gasteiger charge is 2.35. The summed E-state index contributed by atoms with van der Waals surface area (Å²) in [6.45, 7) is 1.65. The number of nitrogens with zero attached hydrogens (tertiary/aromatic N) is 1. The summed E-state index contributed by atoms with van der Waals surface area (Å²) < 4.78 is 18.4. The average Bonchev–Trinajstić information content (AvgIpc) is 2.63. The molecule has 0 aromatic heterocycles. The first-order valence-electron chi connectivity index (χ1n) is 9.38. The Morgan fingerprint density at radius 1 is 1.20 bits per heavy atom. The highest BCUT2D eigenvalue weighted by Crippen LogP contribution is 2.29. The molecule has 1 aliphatic heterocycles. The Morgan fingerprint density at radius 3 is 2.48 bits per heavy atom. The Kier molecular flexibility index (Phi) is 6.07. The second kappa shape index (κ2) is 8.28. The van der Waals surface area contributed by atoms with Crippen LogP contribution in [0, 0.1) is 17.7 Å². The molecule has 138 valence electrons. The van der Waals surface area contributed by atoms with Gasteiger partial charge in [0, 0.05) is 32.2 Å². The highest BCUT2D eigenvalue weighted by molar-refractivity contribution is 5.79. The largest absolute Gasteiger partial charge is 0.380 e. The van der Waals surface area contributed by atoms with Gasteiger partial charge in [-0.15, -0.1) is 0 Å². The summed E-state index contributed by atoms with van der Waals surface area (Å²) in [6, 6.07) is 6.73. The van der Waals surface area contributed by atoms with Crippen molar-refractivity contribution in [1.82, 2.24) is 4.90 Å². The number of benzene rings is 1. The number of hydrogen-bond acceptors (Lipinski definition) is 3. The number of carbonyl (C=O) groups excluding carboxylic acids is 1. The van der Waals surface area contributed by atoms with Crippen LogP contribution in [0.2, 0.25) is 0 Å². The highest BCUT2D eigenvalue weighted by atomic mass is 19.1. The van der Waals surface area contributed by atoms with Crippen LogP contribution >= 0.6 is 0 Å². The van der Waals surface area contributed by atoms with E-state index in [0.717, 1.165) is 51.6 Å². The number of amides is 1. The van der Waals surface area contributed by atoms with E-state index >= 15 is 0 Å². The third-order valence-corrected chi connectivity index (χ3v) is 5.85. The first-order valence-corrected chi connectivity index (χ1v) is 9.38. The van der Waals surface area contributed by atoms with E-state index in [1.165, 1.54) is 17.7 Å². The molecule has 1 aliphatic carbocycles. The zero-order chi connectivity index (χ0) is 17.8. The van der Waals surface area contributed by atoms with Gasteiger partial charge in [0.1, 0.15) is 5.82 Å². The van der Waals surface area contributed by atoms with Crippen LogP contribution in [0.1, 0.15) is 37.7 Å². The normalized spacial score (nSPS) is 28.1. The zero-order valence-electron chi connectivity index (χ0n) is 15.0. The summed E-state index contributed by atoms with van der Waals surface area (Å²) in [5, 5.41) is 0. The summed E-state index contributed by atoms with van der Waals surface area (Å²) in [7, 11) is 1.69. The van der Waals surface area contributed by atoms with E-state index in [1.54, 1.807) is 7.11 Å². The number of halogens is 1. The molecule has 1 heterocycles. The standard InChI is InChI=1S/C20H29FN2O2/c1-25-19-7-4-16(13-18(19)22)20(24)23-10-8-15(9-11-23)12-14-2-5-17(21)6-3-14/h2-3,5-6,15-16,18-19H,4,7-13,22H2,1H3/t16-,18+,19+/m0/s1. The number of hydrogen-bond donors (Lipinski definition) is 1. The maximum absolute atomic E-state index is 13.0. The van der Waals surface area contributed by atoms with Crippen molar-refractivity contribution in [3.05, 3.63) is 35.6 Å². The first-order chi connectivity index (χ1) is 12.1. The molecule has 5 heteroatoms. The van der Waals surface area contributed by atoms with Gasteiger partial charge in [0.15, 0.2) is 0 Å². The molecule has 0 spiro atoms. The van der Waals surface area contributed by atoms with Crippen LogP contribution < -0.4 is 5.73 Å². The van der Waals surface area contributed by atoms with Crippen molar-refractivity contribution in [2.75, 3.05) is 20.2 Å². The van der Waals surface area contributed by atoms with Crippen LogP contribution in [-0.4, -0.2) is 43.2 Å². The minimum Gasteiger partial charge on any atom is -0.380 e. The van der Waals surface area contributed by atoms with E-state index in [9.17, 15) is 9.18 Å². The number of piperidine rings is 1. The molecule has 0 radical (unpaired) electrons. The van der Waals surface area contributed by atoms with Gasteiger partial charge < -0.3 is 15.4 Å². The van der Waals surface area contributed by atoms with E-state index in [2.05, 4.69) is 0 Å². The second-order valence-corrected chi connectivity index (χ2v) is 7.55. The van der Waals surface area contributed by atoms with Crippen LogP contribution in [0.25, 0.3) is 0 Å². The van der Waals surface area contributed by atoms with Crippen LogP contribution in [0.3, 0.4) is 0 Å². The minimum atomic E-state index is -0.189. The van der Waals surface area contributed by atoms with Crippen LogP contribution in [-0.2, 0) is 16.0 Å². The first kappa shape index (κ1) is 18.3. The molecule has 1 saturated heterocycles. The molecule has 2 aliphatic rings. The van der Waals surface area contributed by atoms with Gasteiger partial charge >= 0.3 is 0 Å². The molecular weight excluding hydrogens is 319 g/mol. The molecule has 3 atom stereocenters. The Morgan fingerprint density at radius 2 is 1.88 bits per heavy atom. The third-order valence-electron chi connectivity index (χ3n) is 5.85. The van der Waals surface area contributed by atoms with E-state index in [0.29, 0.717) is 5.92 Å². The fourth-order valence-corrected chi connectivity index (χ4v) is 4.26. The lowest BCUT2D eigenvalue weighted by Gasteiger charge is -2.38. The van der Waals surface area contributed by atoms with Crippen molar-refractivity contribution in [3.8, 4) is 0 Å². The predicted octanol–water partition coefficient (Wildman–Crippen LogP) is 2.75. The smallest absolute Gasteiger partial charge is 0.225 e. The van der Waals surface area contributed by atoms with Crippen molar-refractivity contribution in [2.45, 2.75) is 50.7 Å². The van der Waals surface area contributed by atoms with Crippen molar-refractivity contribution in [1.29, 1.82) is 0 Å². The van der Waals surface area contributed by atoms with E-state index < -0.39 is 0 Å². The van der Waals surface area contributed by atoms with Crippen LogP contribution in [0.15, 0.2) is 24.3 Å². The number of likely N-dealkylation sites (tertiary alicyclic amines) is 1. The quantitative estimate of drug-likeness (QED) is 0.910. The summed E-state index contributed by atoms with van der Waals surface area (Å²) in [5.74, 6) is 0.701.